The molecule has 2 aliphatic carbocycles. The molecule has 17 rings (SSSR count). The molecule has 8 aromatic carbocycles. The molecule has 6 amide bonds. The standard InChI is InChI=1S/C26H33N5O2.C22H28N4O.C21H25BrN4O.C20H28N4O.C19H24N4O/c1-15(2)24(27)26(33)30-21-12-20(28-14-21)13-29-25(32)23-11-19-9-8-18(10-22(19)31-23)17-6-4-16(3)5-7-17;1-14-5-7-16(8-6-14)17-9-10-20-19(12-17)15(2)21(26-20)22(27)25-13-18(24)4-3-11-23;1-13-4-6-14(7-5-13)15-8-9-18-17(11-15)19(22)20(26-18)21(27)25-12-16(24)3-2-10-23;21-10-15-7-17(22-11-15)12-23-20(25)19-9-16-6-5-14(8-18(16)24-19)4-3-13-1-2-13;20-9-1-2-16(21)12-22-19(24)18-11-15-8-7-14(10-17(15)23-18)6-5-13-3-4-13/h4-11,15,20-21,24,28,31H,12-14,27H2,1-3H3,(H,29,32)(H,30,33);5-10,12,18,26H,3-4,11,13,23-24H2,1-2H3,(H,25,27);4-9,11,16,26H,2-3,10,12,23-24H2,1H3,(H,25,27);5-6,8-9,13,15,17,22,24H,1-4,7,10-12,21H2,(H,23,25);7-8,10-11,13,16,23H,1-4,9,12,20-21H2,(H,22,24)/t20?,21?,24-;18-;16-;15-,17-;16-/m10000/s1. The van der Waals surface area contributed by atoms with Crippen molar-refractivity contribution in [2.75, 3.05) is 72.0 Å². The molecule has 13 aromatic rings. The number of rotatable bonds is 34. The number of hydrogen-bond acceptors (Lipinski definition) is 16. The van der Waals surface area contributed by atoms with Gasteiger partial charge in [0.2, 0.25) is 5.91 Å². The van der Waals surface area contributed by atoms with Crippen molar-refractivity contribution in [3.63, 3.8) is 0 Å². The van der Waals surface area contributed by atoms with Gasteiger partial charge >= 0.3 is 0 Å². The molecule has 0 spiro atoms. The van der Waals surface area contributed by atoms with Crippen LogP contribution in [0, 0.1) is 63.2 Å². The van der Waals surface area contributed by atoms with Gasteiger partial charge in [-0.05, 0) is 282 Å². The molecule has 8 atom stereocenters. The summed E-state index contributed by atoms with van der Waals surface area (Å²) in [6, 6.07) is 61.7. The van der Waals surface area contributed by atoms with Crippen LogP contribution in [0.5, 0.6) is 0 Å². The smallest absolute Gasteiger partial charge is 0.268 e. The SMILES string of the molecule is Cc1ccc(-c2ccc3[nH]c(C(=O)NC[C@@H](N)CCCN)c(Br)c3c2)cc1.Cc1ccc(-c2ccc3[nH]c(C(=O)NC[C@@H](N)CCCN)c(C)c3c2)cc1.Cc1ccc(-c2ccc3cc(C(=O)NCC4CC(NC(=O)[C@H](N)C(C)C)CN4)[nH]c3c2)cc1.NCCC[C@H](N)CNC(=O)c1cc2ccc(C#CC3CC3)cc2[nH]1.NC[C@H]1CN[C@H](CNC(=O)c2cc3ccc(CCC4CC4)cc3[nH]2)C1. The topological polar surface area (TPSA) is 486 Å². The molecule has 2 saturated heterocycles. The van der Waals surface area contributed by atoms with Crippen molar-refractivity contribution in [2.24, 2.45) is 69.5 Å². The third-order valence-corrected chi connectivity index (χ3v) is 26.6. The second kappa shape index (κ2) is 49.1. The molecule has 29 N–H and O–H groups in total. The molecule has 2 saturated carbocycles. The molecule has 28 heteroatoms. The summed E-state index contributed by atoms with van der Waals surface area (Å²) in [4.78, 5) is 90.9. The summed E-state index contributed by atoms with van der Waals surface area (Å²) in [6.45, 7) is 18.7. The lowest BCUT2D eigenvalue weighted by Crippen LogP contribution is -2.48. The average Bonchev–Trinajstić information content (AvgIpc) is 1.62. The normalized spacial score (nSPS) is 16.4. The first-order valence-electron chi connectivity index (χ1n) is 48.2. The summed E-state index contributed by atoms with van der Waals surface area (Å²) in [5, 5.41) is 29.7. The lowest BCUT2D eigenvalue weighted by atomic mass is 10.0. The minimum absolute atomic E-state index is 0.0254. The molecule has 0 radical (unpaired) electrons. The number of nitrogens with one attached hydrogen (secondary N) is 13. The van der Waals surface area contributed by atoms with Crippen LogP contribution in [0.2, 0.25) is 0 Å². The first kappa shape index (κ1) is 101. The number of aromatic amines is 5. The Morgan fingerprint density at radius 2 is 0.868 bits per heavy atom. The molecular weight excluding hydrogens is 1770 g/mol. The number of hydrogen-bond donors (Lipinski definition) is 21. The van der Waals surface area contributed by atoms with Gasteiger partial charge in [0.1, 0.15) is 28.5 Å². The second-order valence-electron chi connectivity index (χ2n) is 37.5. The van der Waals surface area contributed by atoms with E-state index in [1.807, 2.05) is 75.4 Å². The van der Waals surface area contributed by atoms with Crippen molar-refractivity contribution in [2.45, 2.75) is 174 Å². The lowest BCUT2D eigenvalue weighted by molar-refractivity contribution is -0.123. The van der Waals surface area contributed by atoms with Crippen LogP contribution in [0.1, 0.15) is 183 Å². The Labute approximate surface area is 805 Å². The number of nitrogens with two attached hydrogens (primary N) is 8. The van der Waals surface area contributed by atoms with Crippen molar-refractivity contribution < 1.29 is 28.8 Å². The van der Waals surface area contributed by atoms with Gasteiger partial charge in [-0.15, -0.1) is 0 Å². The van der Waals surface area contributed by atoms with Crippen molar-refractivity contribution in [1.82, 2.24) is 67.5 Å². The van der Waals surface area contributed by atoms with Crippen LogP contribution in [0.15, 0.2) is 186 Å². The number of halogens is 1. The van der Waals surface area contributed by atoms with Gasteiger partial charge in [0.05, 0.1) is 10.5 Å². The molecule has 4 fully saturated rings. The molecular formula is C108H138BrN21O6. The molecule has 27 nitrogen and oxygen atoms in total. The predicted octanol–water partition coefficient (Wildman–Crippen LogP) is 13.6. The van der Waals surface area contributed by atoms with Crippen LogP contribution < -0.4 is 88.4 Å². The largest absolute Gasteiger partial charge is 0.351 e. The van der Waals surface area contributed by atoms with Crippen LogP contribution in [0.3, 0.4) is 0 Å². The van der Waals surface area contributed by atoms with Crippen molar-refractivity contribution in [3.8, 4) is 45.2 Å². The Morgan fingerprint density at radius 1 is 0.434 bits per heavy atom. The Balaban J connectivity index is 0.000000144. The van der Waals surface area contributed by atoms with E-state index in [-0.39, 0.29) is 71.6 Å². The first-order chi connectivity index (χ1) is 65.6. The fourth-order valence-corrected chi connectivity index (χ4v) is 17.4. The highest BCUT2D eigenvalue weighted by molar-refractivity contribution is 9.10. The summed E-state index contributed by atoms with van der Waals surface area (Å²) < 4.78 is 0.763. The number of aryl methyl sites for hydroxylation is 5. The number of carbonyl (C=O) groups is 6. The van der Waals surface area contributed by atoms with Crippen molar-refractivity contribution in [1.29, 1.82) is 0 Å². The number of carbonyl (C=O) groups excluding carboxylic acids is 6. The highest BCUT2D eigenvalue weighted by Gasteiger charge is 2.30. The van der Waals surface area contributed by atoms with E-state index in [1.54, 1.807) is 0 Å². The second-order valence-corrected chi connectivity index (χ2v) is 38.3. The van der Waals surface area contributed by atoms with E-state index in [9.17, 15) is 28.8 Å². The number of fused-ring (bicyclic) bond motifs is 5. The monoisotopic (exact) mass is 1900 g/mol. The van der Waals surface area contributed by atoms with Gasteiger partial charge in [-0.2, -0.15) is 0 Å². The fraction of sp³-hybridized carbons (Fsp3) is 0.389. The van der Waals surface area contributed by atoms with Gasteiger partial charge in [0.25, 0.3) is 29.5 Å². The summed E-state index contributed by atoms with van der Waals surface area (Å²) in [6.07, 6.45) is 14.5. The van der Waals surface area contributed by atoms with Gasteiger partial charge in [-0.1, -0.05) is 170 Å². The van der Waals surface area contributed by atoms with E-state index in [4.69, 9.17) is 45.9 Å². The maximum Gasteiger partial charge on any atom is 0.268 e. The Kier molecular flexibility index (Phi) is 36.6. The Morgan fingerprint density at radius 3 is 1.37 bits per heavy atom. The summed E-state index contributed by atoms with van der Waals surface area (Å²) in [5.41, 5.74) is 67.5. The van der Waals surface area contributed by atoms with Crippen LogP contribution >= 0.6 is 15.9 Å². The van der Waals surface area contributed by atoms with E-state index in [0.29, 0.717) is 112 Å². The maximum atomic E-state index is 12.7. The summed E-state index contributed by atoms with van der Waals surface area (Å²) in [5.74, 6) is 7.88. The number of H-pyrrole nitrogens is 5. The third-order valence-electron chi connectivity index (χ3n) is 25.8. The molecule has 2 unspecified atom stereocenters. The van der Waals surface area contributed by atoms with Crippen LogP contribution in [-0.4, -0.2) is 175 Å². The number of amides is 6. The average molecular weight is 1910 g/mol. The number of aromatic nitrogens is 5. The van der Waals surface area contributed by atoms with E-state index < -0.39 is 6.04 Å². The van der Waals surface area contributed by atoms with Gasteiger partial charge in [-0.3, -0.25) is 28.8 Å². The first-order valence-corrected chi connectivity index (χ1v) is 49.0. The number of benzene rings is 8. The molecule has 2 aliphatic heterocycles. The Hall–Kier alpha value is -12.1. The Bertz CT molecular complexity index is 6120. The molecule has 136 heavy (non-hydrogen) atoms. The van der Waals surface area contributed by atoms with Crippen molar-refractivity contribution in [3.05, 3.63) is 248 Å². The fourth-order valence-electron chi connectivity index (χ4n) is 16.8. The van der Waals surface area contributed by atoms with Gasteiger partial charge < -0.3 is 113 Å². The highest BCUT2D eigenvalue weighted by atomic mass is 79.9. The zero-order valence-corrected chi connectivity index (χ0v) is 80.9. The molecule has 7 heterocycles. The summed E-state index contributed by atoms with van der Waals surface area (Å²) >= 11 is 3.58. The maximum absolute atomic E-state index is 12.7. The van der Waals surface area contributed by atoms with Crippen molar-refractivity contribution >= 4 is 106 Å². The van der Waals surface area contributed by atoms with Crippen LogP contribution in [0.4, 0.5) is 0 Å². The van der Waals surface area contributed by atoms with E-state index >= 15 is 0 Å². The lowest BCUT2D eigenvalue weighted by Gasteiger charge is -2.18. The van der Waals surface area contributed by atoms with Gasteiger partial charge in [-0.25, -0.2) is 0 Å². The third kappa shape index (κ3) is 29.0. The summed E-state index contributed by atoms with van der Waals surface area (Å²) in [7, 11) is 0. The van der Waals surface area contributed by atoms with Gasteiger partial charge in [0, 0.05) is 142 Å². The van der Waals surface area contributed by atoms with E-state index in [0.717, 1.165) is 168 Å². The minimum Gasteiger partial charge on any atom is -0.351 e. The minimum atomic E-state index is -0.503. The predicted molar refractivity (Wildman–Crippen MR) is 556 cm³/mol. The van der Waals surface area contributed by atoms with E-state index in [2.05, 4.69) is 243 Å². The highest BCUT2D eigenvalue weighted by Crippen LogP contribution is 2.36. The quantitative estimate of drug-likeness (QED) is 0.0167. The van der Waals surface area contributed by atoms with Gasteiger partial charge in [0.15, 0.2) is 0 Å². The molecule has 0 bridgehead atoms. The van der Waals surface area contributed by atoms with Crippen LogP contribution in [-0.2, 0) is 11.2 Å². The molecule has 4 aliphatic rings. The molecule has 718 valence electrons. The zero-order valence-electron chi connectivity index (χ0n) is 79.3. The van der Waals surface area contributed by atoms with E-state index in [1.165, 1.54) is 59.9 Å². The molecule has 5 aromatic heterocycles. The van der Waals surface area contributed by atoms with Crippen LogP contribution in [0.25, 0.3) is 87.9 Å². The zero-order chi connectivity index (χ0) is 96.5.